The third kappa shape index (κ3) is 4.18. The van der Waals surface area contributed by atoms with Crippen LogP contribution in [0.15, 0.2) is 42.5 Å². The molecule has 2 aromatic rings. The van der Waals surface area contributed by atoms with Gasteiger partial charge in [0, 0.05) is 15.1 Å². The van der Waals surface area contributed by atoms with Gasteiger partial charge in [-0.1, -0.05) is 23.7 Å². The van der Waals surface area contributed by atoms with Gasteiger partial charge in [-0.3, -0.25) is 4.79 Å². The van der Waals surface area contributed by atoms with Crippen molar-refractivity contribution in [1.29, 1.82) is 0 Å². The van der Waals surface area contributed by atoms with Crippen molar-refractivity contribution >= 4 is 40.1 Å². The number of rotatable bonds is 4. The summed E-state index contributed by atoms with van der Waals surface area (Å²) in [6.07, 6.45) is 0.656. The highest BCUT2D eigenvalue weighted by Gasteiger charge is 2.09. The van der Waals surface area contributed by atoms with Crippen molar-refractivity contribution in [3.8, 4) is 0 Å². The summed E-state index contributed by atoms with van der Waals surface area (Å²) in [4.78, 5) is 12.0. The van der Waals surface area contributed by atoms with Crippen LogP contribution in [0.5, 0.6) is 0 Å². The summed E-state index contributed by atoms with van der Waals surface area (Å²) in [5.41, 5.74) is 1.55. The molecule has 1 N–H and O–H groups in total. The Kier molecular flexibility index (Phi) is 5.37. The number of benzene rings is 2. The van der Waals surface area contributed by atoms with Crippen LogP contribution in [0.1, 0.15) is 15.9 Å². The van der Waals surface area contributed by atoms with Gasteiger partial charge in [0.25, 0.3) is 5.91 Å². The Bertz CT molecular complexity index is 616. The highest BCUT2D eigenvalue weighted by atomic mass is 127. The number of carbonyl (C=O) groups is 1. The molecule has 2 aromatic carbocycles. The van der Waals surface area contributed by atoms with Crippen LogP contribution >= 0.6 is 34.2 Å². The first-order valence-electron chi connectivity index (χ1n) is 6.04. The molecule has 5 heteroatoms. The predicted octanol–water partition coefficient (Wildman–Crippen LogP) is 4.06. The lowest BCUT2D eigenvalue weighted by Crippen LogP contribution is -2.26. The molecule has 0 radical (unpaired) electrons. The van der Waals surface area contributed by atoms with Gasteiger partial charge in [-0.2, -0.15) is 0 Å². The smallest absolute Gasteiger partial charge is 0.252 e. The van der Waals surface area contributed by atoms with Crippen LogP contribution in [0.2, 0.25) is 5.02 Å². The third-order valence-electron chi connectivity index (χ3n) is 2.79. The molecule has 0 heterocycles. The molecule has 0 aliphatic heterocycles. The molecule has 0 bridgehead atoms. The molecule has 0 aliphatic carbocycles. The van der Waals surface area contributed by atoms with Gasteiger partial charge in [-0.05, 0) is 64.9 Å². The molecule has 0 aromatic heterocycles. The Balaban J connectivity index is 1.92. The minimum Gasteiger partial charge on any atom is -0.352 e. The molecule has 0 atom stereocenters. The van der Waals surface area contributed by atoms with Crippen LogP contribution in [0.25, 0.3) is 0 Å². The van der Waals surface area contributed by atoms with E-state index in [1.54, 1.807) is 30.3 Å². The zero-order valence-corrected chi connectivity index (χ0v) is 13.4. The van der Waals surface area contributed by atoms with Crippen LogP contribution < -0.4 is 5.32 Å². The highest BCUT2D eigenvalue weighted by Crippen LogP contribution is 2.17. The Morgan fingerprint density at radius 3 is 2.60 bits per heavy atom. The number of amides is 1. The zero-order chi connectivity index (χ0) is 14.5. The fourth-order valence-electron chi connectivity index (χ4n) is 1.74. The fourth-order valence-corrected chi connectivity index (χ4v) is 2.49. The monoisotopic (exact) mass is 403 g/mol. The molecule has 1 amide bonds. The van der Waals surface area contributed by atoms with Gasteiger partial charge in [-0.25, -0.2) is 4.39 Å². The summed E-state index contributed by atoms with van der Waals surface area (Å²) < 4.78 is 13.6. The number of hydrogen-bond donors (Lipinski definition) is 1. The van der Waals surface area contributed by atoms with Crippen molar-refractivity contribution < 1.29 is 9.18 Å². The predicted molar refractivity (Wildman–Crippen MR) is 86.6 cm³/mol. The Morgan fingerprint density at radius 1 is 1.20 bits per heavy atom. The van der Waals surface area contributed by atoms with Crippen molar-refractivity contribution in [2.45, 2.75) is 6.42 Å². The minimum atomic E-state index is -0.258. The lowest BCUT2D eigenvalue weighted by atomic mass is 10.1. The molecule has 2 rings (SSSR count). The van der Waals surface area contributed by atoms with Crippen molar-refractivity contribution in [2.24, 2.45) is 0 Å². The van der Waals surface area contributed by atoms with Gasteiger partial charge < -0.3 is 5.32 Å². The molecular weight excluding hydrogens is 392 g/mol. The van der Waals surface area contributed by atoms with Gasteiger partial charge in [0.05, 0.1) is 5.56 Å². The van der Waals surface area contributed by atoms with E-state index in [-0.39, 0.29) is 11.7 Å². The summed E-state index contributed by atoms with van der Waals surface area (Å²) in [7, 11) is 0. The van der Waals surface area contributed by atoms with Crippen molar-refractivity contribution in [1.82, 2.24) is 5.32 Å². The summed E-state index contributed by atoms with van der Waals surface area (Å²) in [5, 5.41) is 3.37. The van der Waals surface area contributed by atoms with Crippen LogP contribution in [0.4, 0.5) is 4.39 Å². The average Bonchev–Trinajstić information content (AvgIpc) is 2.43. The van der Waals surface area contributed by atoms with Gasteiger partial charge in [0.15, 0.2) is 0 Å². The van der Waals surface area contributed by atoms with E-state index in [0.717, 1.165) is 9.13 Å². The molecule has 20 heavy (non-hydrogen) atoms. The van der Waals surface area contributed by atoms with Crippen LogP contribution in [-0.2, 0) is 6.42 Å². The van der Waals surface area contributed by atoms with E-state index in [4.69, 9.17) is 11.6 Å². The normalized spacial score (nSPS) is 10.3. The summed E-state index contributed by atoms with van der Waals surface area (Å²) in [6, 6.07) is 11.5. The van der Waals surface area contributed by atoms with Crippen LogP contribution in [-0.4, -0.2) is 12.5 Å². The number of carbonyl (C=O) groups excluding carboxylic acids is 1. The third-order valence-corrected chi connectivity index (χ3v) is 3.96. The SMILES string of the molecule is O=C(NCCc1ccc(F)cc1)c1cc(Cl)ccc1I. The summed E-state index contributed by atoms with van der Waals surface area (Å²) >= 11 is 7.98. The Hall–Kier alpha value is -1.14. The molecule has 0 saturated carbocycles. The fraction of sp³-hybridized carbons (Fsp3) is 0.133. The summed E-state index contributed by atoms with van der Waals surface area (Å²) in [6.45, 7) is 0.493. The van der Waals surface area contributed by atoms with Gasteiger partial charge in [0.1, 0.15) is 5.82 Å². The molecule has 0 saturated heterocycles. The first-order chi connectivity index (χ1) is 9.56. The number of halogens is 3. The molecule has 0 unspecified atom stereocenters. The topological polar surface area (TPSA) is 29.1 Å². The van der Waals surface area contributed by atoms with Crippen molar-refractivity contribution in [3.63, 3.8) is 0 Å². The van der Waals surface area contributed by atoms with E-state index in [0.29, 0.717) is 23.6 Å². The lowest BCUT2D eigenvalue weighted by molar-refractivity contribution is 0.0953. The highest BCUT2D eigenvalue weighted by molar-refractivity contribution is 14.1. The average molecular weight is 404 g/mol. The molecule has 2 nitrogen and oxygen atoms in total. The van der Waals surface area contributed by atoms with E-state index in [1.807, 2.05) is 0 Å². The van der Waals surface area contributed by atoms with Gasteiger partial charge >= 0.3 is 0 Å². The zero-order valence-electron chi connectivity index (χ0n) is 10.5. The second kappa shape index (κ2) is 7.04. The van der Waals surface area contributed by atoms with Crippen molar-refractivity contribution in [3.05, 3.63) is 68.0 Å². The first-order valence-corrected chi connectivity index (χ1v) is 7.49. The van der Waals surface area contributed by atoms with Gasteiger partial charge in [-0.15, -0.1) is 0 Å². The first kappa shape index (κ1) is 15.3. The second-order valence-corrected chi connectivity index (χ2v) is 5.86. The maximum atomic E-state index is 12.8. The van der Waals surface area contributed by atoms with Gasteiger partial charge in [0.2, 0.25) is 0 Å². The van der Waals surface area contributed by atoms with E-state index < -0.39 is 0 Å². The molecule has 0 aliphatic rings. The number of hydrogen-bond acceptors (Lipinski definition) is 1. The second-order valence-electron chi connectivity index (χ2n) is 4.26. The minimum absolute atomic E-state index is 0.154. The Labute approximate surface area is 135 Å². The van der Waals surface area contributed by atoms with E-state index in [9.17, 15) is 9.18 Å². The maximum Gasteiger partial charge on any atom is 0.252 e. The molecule has 0 fully saturated rings. The number of nitrogens with one attached hydrogen (secondary N) is 1. The quantitative estimate of drug-likeness (QED) is 0.767. The standard InChI is InChI=1S/C15H12ClFINO/c16-11-3-6-14(18)13(9-11)15(20)19-8-7-10-1-4-12(17)5-2-10/h1-6,9H,7-8H2,(H,19,20). The van der Waals surface area contributed by atoms with Crippen LogP contribution in [0, 0.1) is 9.39 Å². The molecule has 0 spiro atoms. The summed E-state index contributed by atoms with van der Waals surface area (Å²) in [5.74, 6) is -0.412. The maximum absolute atomic E-state index is 12.8. The van der Waals surface area contributed by atoms with E-state index >= 15 is 0 Å². The lowest BCUT2D eigenvalue weighted by Gasteiger charge is -2.07. The van der Waals surface area contributed by atoms with E-state index in [1.165, 1.54) is 12.1 Å². The van der Waals surface area contributed by atoms with Crippen LogP contribution in [0.3, 0.4) is 0 Å². The Morgan fingerprint density at radius 2 is 1.90 bits per heavy atom. The largest absolute Gasteiger partial charge is 0.352 e. The van der Waals surface area contributed by atoms with Crippen molar-refractivity contribution in [2.75, 3.05) is 6.54 Å². The molecule has 104 valence electrons. The molecular formula is C15H12ClFINO. The van der Waals surface area contributed by atoms with E-state index in [2.05, 4.69) is 27.9 Å².